The second kappa shape index (κ2) is 7.01. The van der Waals surface area contributed by atoms with Crippen molar-refractivity contribution in [2.45, 2.75) is 53.8 Å². The fraction of sp³-hybridized carbons (Fsp3) is 0.900. The third-order valence-electron chi connectivity index (χ3n) is 3.24. The minimum Gasteiger partial charge on any atom is -0.226 e. The Morgan fingerprint density at radius 1 is 0.290 bits per heavy atom. The van der Waals surface area contributed by atoms with E-state index in [-0.39, 0.29) is 0 Å². The van der Waals surface area contributed by atoms with Crippen molar-refractivity contribution in [2.75, 3.05) is 0 Å². The van der Waals surface area contributed by atoms with Gasteiger partial charge in [-0.15, -0.1) is 0 Å². The van der Waals surface area contributed by atoms with Gasteiger partial charge in [-0.2, -0.15) is 87.8 Å². The lowest BCUT2D eigenvalue weighted by molar-refractivity contribution is -0.433. The summed E-state index contributed by atoms with van der Waals surface area (Å²) < 4.78 is 262. The molecular formula is C10F21. The summed E-state index contributed by atoms with van der Waals surface area (Å²) in [6.45, 7) is 0. The van der Waals surface area contributed by atoms with Crippen LogP contribution in [0.5, 0.6) is 0 Å². The van der Waals surface area contributed by atoms with E-state index in [1.807, 2.05) is 0 Å². The van der Waals surface area contributed by atoms with Gasteiger partial charge >= 0.3 is 53.8 Å². The molecule has 0 rings (SSSR count). The highest BCUT2D eigenvalue weighted by Gasteiger charge is 2.93. The average molecular weight is 519 g/mol. The standard InChI is InChI=1S/C10F21/c11-1(3(14,15)5(18,19)7(22,23)9(26,27)28)2(12,13)4(16,17)6(20,21)8(24,25)10(29,30)31. The molecule has 0 fully saturated rings. The van der Waals surface area contributed by atoms with Crippen LogP contribution in [0.25, 0.3) is 0 Å². The maximum atomic E-state index is 13.0. The third kappa shape index (κ3) is 3.71. The molecule has 0 unspecified atom stereocenters. The van der Waals surface area contributed by atoms with E-state index in [4.69, 9.17) is 0 Å². The number of hydrogen-bond acceptors (Lipinski definition) is 0. The van der Waals surface area contributed by atoms with Crippen LogP contribution in [-0.2, 0) is 0 Å². The van der Waals surface area contributed by atoms with Crippen LogP contribution < -0.4 is 0 Å². The Labute approximate surface area is 153 Å². The first kappa shape index (κ1) is 29.5. The lowest BCUT2D eigenvalue weighted by Gasteiger charge is -2.41. The van der Waals surface area contributed by atoms with E-state index >= 15 is 0 Å². The Balaban J connectivity index is 6.70. The van der Waals surface area contributed by atoms with Gasteiger partial charge in [-0.1, -0.05) is 0 Å². The lowest BCUT2D eigenvalue weighted by atomic mass is 9.89. The first-order valence-electron chi connectivity index (χ1n) is 6.22. The number of halogens is 21. The van der Waals surface area contributed by atoms with Gasteiger partial charge in [0.15, 0.2) is 0 Å². The predicted octanol–water partition coefficient (Wildman–Crippen LogP) is 7.06. The van der Waals surface area contributed by atoms with E-state index in [1.54, 1.807) is 0 Å². The molecule has 0 aliphatic carbocycles. The maximum absolute atomic E-state index is 13.0. The van der Waals surface area contributed by atoms with Crippen molar-refractivity contribution in [3.05, 3.63) is 6.17 Å². The van der Waals surface area contributed by atoms with Gasteiger partial charge < -0.3 is 0 Å². The van der Waals surface area contributed by atoms with Crippen LogP contribution in [0.2, 0.25) is 0 Å². The highest BCUT2D eigenvalue weighted by molar-refractivity contribution is 5.21. The molecule has 0 atom stereocenters. The third-order valence-corrected chi connectivity index (χ3v) is 3.24. The Morgan fingerprint density at radius 2 is 0.484 bits per heavy atom. The first-order chi connectivity index (χ1) is 12.9. The minimum absolute atomic E-state index is 6.20. The zero-order valence-electron chi connectivity index (χ0n) is 12.9. The Hall–Kier alpha value is -1.47. The van der Waals surface area contributed by atoms with Gasteiger partial charge in [-0.3, -0.25) is 0 Å². The SMILES string of the molecule is F[C](C(F)(F)C(F)(F)C(F)(F)C(F)(F)F)C(F)(F)C(F)(F)C(F)(F)C(F)(F)C(F)(F)F. The molecule has 187 valence electrons. The molecule has 0 saturated heterocycles. The Kier molecular flexibility index (Phi) is 6.68. The molecule has 0 nitrogen and oxygen atoms in total. The van der Waals surface area contributed by atoms with Crippen LogP contribution in [0.15, 0.2) is 0 Å². The molecule has 0 aliphatic rings. The molecular weight excluding hydrogens is 519 g/mol. The normalized spacial score (nSPS) is 16.8. The molecule has 1 radical (unpaired) electrons. The van der Waals surface area contributed by atoms with Crippen molar-refractivity contribution < 1.29 is 92.2 Å². The van der Waals surface area contributed by atoms with Gasteiger partial charge in [0, 0.05) is 0 Å². The monoisotopic (exact) mass is 519 g/mol. The van der Waals surface area contributed by atoms with E-state index in [9.17, 15) is 92.2 Å². The quantitative estimate of drug-likeness (QED) is 0.316. The summed E-state index contributed by atoms with van der Waals surface area (Å²) in [6.07, 6.45) is -22.0. The molecule has 31 heavy (non-hydrogen) atoms. The molecule has 0 heterocycles. The first-order valence-corrected chi connectivity index (χ1v) is 6.22. The van der Waals surface area contributed by atoms with Gasteiger partial charge in [0.2, 0.25) is 0 Å². The molecule has 0 aromatic carbocycles. The van der Waals surface area contributed by atoms with E-state index in [1.165, 1.54) is 0 Å². The summed E-state index contributed by atoms with van der Waals surface area (Å²) >= 11 is 0. The number of hydrogen-bond donors (Lipinski definition) is 0. The molecule has 0 aromatic heterocycles. The largest absolute Gasteiger partial charge is 0.460 e. The molecule has 0 bridgehead atoms. The molecule has 21 heteroatoms. The van der Waals surface area contributed by atoms with Crippen LogP contribution in [-0.4, -0.2) is 53.8 Å². The summed E-state index contributed by atoms with van der Waals surface area (Å²) in [5.41, 5.74) is 0. The lowest BCUT2D eigenvalue weighted by Crippen LogP contribution is -2.70. The highest BCUT2D eigenvalue weighted by Crippen LogP contribution is 2.64. The Bertz CT molecular complexity index is 646. The van der Waals surface area contributed by atoms with Crippen molar-refractivity contribution in [2.24, 2.45) is 0 Å². The summed E-state index contributed by atoms with van der Waals surface area (Å²) in [7, 11) is 0. The topological polar surface area (TPSA) is 0 Å². The van der Waals surface area contributed by atoms with Crippen LogP contribution in [0.1, 0.15) is 0 Å². The van der Waals surface area contributed by atoms with Crippen LogP contribution in [0.4, 0.5) is 92.2 Å². The number of alkyl halides is 20. The molecule has 0 amide bonds. The Morgan fingerprint density at radius 3 is 0.710 bits per heavy atom. The summed E-state index contributed by atoms with van der Waals surface area (Å²) in [5, 5.41) is 0. The van der Waals surface area contributed by atoms with E-state index in [0.29, 0.717) is 0 Å². The molecule has 0 aliphatic heterocycles. The van der Waals surface area contributed by atoms with Gasteiger partial charge in [-0.25, -0.2) is 4.39 Å². The van der Waals surface area contributed by atoms with E-state index < -0.39 is 60.0 Å². The fourth-order valence-electron chi connectivity index (χ4n) is 1.42. The smallest absolute Gasteiger partial charge is 0.226 e. The van der Waals surface area contributed by atoms with Gasteiger partial charge in [0.25, 0.3) is 6.17 Å². The maximum Gasteiger partial charge on any atom is 0.460 e. The van der Waals surface area contributed by atoms with Gasteiger partial charge in [-0.05, 0) is 0 Å². The number of rotatable bonds is 7. The molecule has 0 spiro atoms. The second-order valence-corrected chi connectivity index (χ2v) is 5.33. The van der Waals surface area contributed by atoms with Crippen molar-refractivity contribution in [3.8, 4) is 0 Å². The minimum atomic E-state index is -8.75. The van der Waals surface area contributed by atoms with Crippen molar-refractivity contribution in [3.63, 3.8) is 0 Å². The highest BCUT2D eigenvalue weighted by atomic mass is 19.4. The van der Waals surface area contributed by atoms with Crippen molar-refractivity contribution >= 4 is 0 Å². The molecule has 0 aromatic rings. The van der Waals surface area contributed by atoms with Crippen LogP contribution in [0, 0.1) is 6.17 Å². The molecule has 0 saturated carbocycles. The summed E-state index contributed by atoms with van der Waals surface area (Å²) in [5.74, 6) is -59.6. The second-order valence-electron chi connectivity index (χ2n) is 5.33. The molecule has 0 N–H and O–H groups in total. The van der Waals surface area contributed by atoms with Gasteiger partial charge in [0.05, 0.1) is 0 Å². The van der Waals surface area contributed by atoms with E-state index in [2.05, 4.69) is 0 Å². The van der Waals surface area contributed by atoms with Crippen LogP contribution in [0.3, 0.4) is 0 Å². The summed E-state index contributed by atoms with van der Waals surface area (Å²) in [4.78, 5) is 0. The van der Waals surface area contributed by atoms with Crippen LogP contribution >= 0.6 is 0 Å². The summed E-state index contributed by atoms with van der Waals surface area (Å²) in [6, 6.07) is 0. The zero-order valence-corrected chi connectivity index (χ0v) is 12.9. The van der Waals surface area contributed by atoms with Crippen molar-refractivity contribution in [1.82, 2.24) is 0 Å². The average Bonchev–Trinajstić information content (AvgIpc) is 2.50. The predicted molar refractivity (Wildman–Crippen MR) is 51.1 cm³/mol. The fourth-order valence-corrected chi connectivity index (χ4v) is 1.42. The zero-order chi connectivity index (χ0) is 26.1. The van der Waals surface area contributed by atoms with E-state index in [0.717, 1.165) is 0 Å². The van der Waals surface area contributed by atoms with Crippen molar-refractivity contribution in [1.29, 1.82) is 0 Å². The van der Waals surface area contributed by atoms with Gasteiger partial charge in [0.1, 0.15) is 0 Å².